The summed E-state index contributed by atoms with van der Waals surface area (Å²) in [5, 5.41) is 11.2. The van der Waals surface area contributed by atoms with E-state index in [0.29, 0.717) is 10.2 Å². The second kappa shape index (κ2) is 3.96. The molecule has 2 rings (SSSR count). The van der Waals surface area contributed by atoms with E-state index in [4.69, 9.17) is 16.7 Å². The Hall–Kier alpha value is -1.46. The van der Waals surface area contributed by atoms with E-state index in [1.807, 2.05) is 0 Å². The Morgan fingerprint density at radius 2 is 2.33 bits per heavy atom. The smallest absolute Gasteiger partial charge is 0.355 e. The molecular weight excluding hydrogens is 236 g/mol. The van der Waals surface area contributed by atoms with Crippen molar-refractivity contribution in [3.05, 3.63) is 34.6 Å². The van der Waals surface area contributed by atoms with Crippen molar-refractivity contribution in [2.45, 2.75) is 0 Å². The maximum atomic E-state index is 10.6. The van der Waals surface area contributed by atoms with Crippen LogP contribution in [0.5, 0.6) is 0 Å². The Bertz CT molecular complexity index is 512. The molecule has 0 saturated heterocycles. The van der Waals surface area contributed by atoms with Crippen molar-refractivity contribution in [3.63, 3.8) is 0 Å². The van der Waals surface area contributed by atoms with Gasteiger partial charge in [0.2, 0.25) is 0 Å². The van der Waals surface area contributed by atoms with Crippen LogP contribution in [-0.2, 0) is 0 Å². The average Bonchev–Trinajstić information content (AvgIpc) is 2.66. The number of carboxylic acids is 1. The molecule has 0 saturated carbocycles. The van der Waals surface area contributed by atoms with Gasteiger partial charge in [-0.05, 0) is 12.1 Å². The minimum Gasteiger partial charge on any atom is -0.476 e. The third kappa shape index (κ3) is 2.14. The number of halogens is 1. The number of aromatic carboxylic acids is 1. The molecule has 0 aliphatic carbocycles. The average molecular weight is 241 g/mol. The lowest BCUT2D eigenvalue weighted by molar-refractivity contribution is 0.0691. The van der Waals surface area contributed by atoms with Gasteiger partial charge in [-0.2, -0.15) is 0 Å². The van der Waals surface area contributed by atoms with Gasteiger partial charge in [-0.1, -0.05) is 11.6 Å². The number of nitrogens with zero attached hydrogens (tertiary/aromatic N) is 2. The van der Waals surface area contributed by atoms with E-state index in [1.54, 1.807) is 18.3 Å². The molecule has 0 fully saturated rings. The highest BCUT2D eigenvalue weighted by molar-refractivity contribution is 7.13. The number of hydrogen-bond donors (Lipinski definition) is 1. The number of thiazole rings is 1. The van der Waals surface area contributed by atoms with Crippen molar-refractivity contribution in [2.75, 3.05) is 0 Å². The van der Waals surface area contributed by atoms with E-state index in [9.17, 15) is 4.79 Å². The number of rotatable bonds is 2. The lowest BCUT2D eigenvalue weighted by Crippen LogP contribution is -1.95. The van der Waals surface area contributed by atoms with Crippen molar-refractivity contribution in [3.8, 4) is 10.6 Å². The fraction of sp³-hybridized carbons (Fsp3) is 0. The molecule has 0 unspecified atom stereocenters. The van der Waals surface area contributed by atoms with Crippen LogP contribution >= 0.6 is 22.9 Å². The van der Waals surface area contributed by atoms with Crippen molar-refractivity contribution in [2.24, 2.45) is 0 Å². The molecule has 15 heavy (non-hydrogen) atoms. The fourth-order valence-electron chi connectivity index (χ4n) is 1.04. The quantitative estimate of drug-likeness (QED) is 0.820. The number of aromatic nitrogens is 2. The summed E-state index contributed by atoms with van der Waals surface area (Å²) in [5.74, 6) is -1.03. The molecule has 2 aromatic rings. The molecule has 0 bridgehead atoms. The van der Waals surface area contributed by atoms with Gasteiger partial charge in [0, 0.05) is 17.1 Å². The molecule has 0 atom stereocenters. The van der Waals surface area contributed by atoms with Crippen molar-refractivity contribution < 1.29 is 9.90 Å². The maximum Gasteiger partial charge on any atom is 0.355 e. The molecule has 0 aromatic carbocycles. The molecule has 4 nitrogen and oxygen atoms in total. The van der Waals surface area contributed by atoms with Crippen LogP contribution in [0, 0.1) is 0 Å². The first kappa shape index (κ1) is 10.1. The Balaban J connectivity index is 2.41. The first-order chi connectivity index (χ1) is 7.16. The molecule has 2 heterocycles. The molecule has 0 aliphatic rings. The van der Waals surface area contributed by atoms with E-state index < -0.39 is 5.97 Å². The summed E-state index contributed by atoms with van der Waals surface area (Å²) in [6, 6.07) is 3.38. The van der Waals surface area contributed by atoms with Crippen LogP contribution in [-0.4, -0.2) is 21.0 Å². The largest absolute Gasteiger partial charge is 0.476 e. The zero-order valence-electron chi connectivity index (χ0n) is 7.35. The molecule has 0 aliphatic heterocycles. The van der Waals surface area contributed by atoms with E-state index in [2.05, 4.69) is 9.97 Å². The molecule has 0 amide bonds. The molecular formula is C9H5ClN2O2S. The Morgan fingerprint density at radius 3 is 2.93 bits per heavy atom. The molecule has 76 valence electrons. The normalized spacial score (nSPS) is 10.2. The van der Waals surface area contributed by atoms with Crippen LogP contribution in [0.15, 0.2) is 23.7 Å². The predicted molar refractivity (Wildman–Crippen MR) is 57.3 cm³/mol. The molecule has 2 aromatic heterocycles. The van der Waals surface area contributed by atoms with Gasteiger partial charge in [0.25, 0.3) is 0 Å². The summed E-state index contributed by atoms with van der Waals surface area (Å²) < 4.78 is 0. The number of carboxylic acid groups (broad SMARTS) is 1. The highest BCUT2D eigenvalue weighted by Gasteiger charge is 2.10. The summed E-state index contributed by atoms with van der Waals surface area (Å²) in [7, 11) is 0. The van der Waals surface area contributed by atoms with E-state index >= 15 is 0 Å². The van der Waals surface area contributed by atoms with E-state index in [1.165, 1.54) is 16.7 Å². The SMILES string of the molecule is O=C(O)c1csc(-c2ccnc(Cl)c2)n1. The molecule has 6 heteroatoms. The third-order valence-corrected chi connectivity index (χ3v) is 2.79. The van der Waals surface area contributed by atoms with Crippen molar-refractivity contribution >= 4 is 28.9 Å². The van der Waals surface area contributed by atoms with E-state index in [0.717, 1.165) is 5.56 Å². The number of pyridine rings is 1. The van der Waals surface area contributed by atoms with Gasteiger partial charge in [-0.3, -0.25) is 0 Å². The van der Waals surface area contributed by atoms with Gasteiger partial charge in [0.1, 0.15) is 10.2 Å². The number of hydrogen-bond acceptors (Lipinski definition) is 4. The van der Waals surface area contributed by atoms with Crippen LogP contribution in [0.25, 0.3) is 10.6 Å². The minimum atomic E-state index is -1.03. The highest BCUT2D eigenvalue weighted by atomic mass is 35.5. The lowest BCUT2D eigenvalue weighted by atomic mass is 10.3. The molecule has 0 spiro atoms. The molecule has 0 radical (unpaired) electrons. The van der Waals surface area contributed by atoms with Gasteiger partial charge in [-0.25, -0.2) is 14.8 Å². The van der Waals surface area contributed by atoms with Crippen molar-refractivity contribution in [1.82, 2.24) is 9.97 Å². The van der Waals surface area contributed by atoms with Crippen molar-refractivity contribution in [1.29, 1.82) is 0 Å². The van der Waals surface area contributed by atoms with Gasteiger partial charge < -0.3 is 5.11 Å². The first-order valence-electron chi connectivity index (χ1n) is 3.97. The summed E-state index contributed by atoms with van der Waals surface area (Å²) in [6.45, 7) is 0. The van der Waals surface area contributed by atoms with Gasteiger partial charge in [0.05, 0.1) is 0 Å². The summed E-state index contributed by atoms with van der Waals surface area (Å²) in [6.07, 6.45) is 1.56. The topological polar surface area (TPSA) is 63.1 Å². The first-order valence-corrected chi connectivity index (χ1v) is 5.23. The zero-order chi connectivity index (χ0) is 10.8. The molecule has 1 N–H and O–H groups in total. The van der Waals surface area contributed by atoms with Gasteiger partial charge >= 0.3 is 5.97 Å². The predicted octanol–water partition coefficient (Wildman–Crippen LogP) is 2.56. The highest BCUT2D eigenvalue weighted by Crippen LogP contribution is 2.24. The second-order valence-electron chi connectivity index (χ2n) is 2.71. The summed E-state index contributed by atoms with van der Waals surface area (Å²) >= 11 is 6.97. The lowest BCUT2D eigenvalue weighted by Gasteiger charge is -1.94. The van der Waals surface area contributed by atoms with Gasteiger partial charge in [-0.15, -0.1) is 11.3 Å². The third-order valence-electron chi connectivity index (χ3n) is 1.70. The minimum absolute atomic E-state index is 0.0444. The van der Waals surface area contributed by atoms with Crippen LogP contribution in [0.2, 0.25) is 5.15 Å². The number of carbonyl (C=O) groups is 1. The summed E-state index contributed by atoms with van der Waals surface area (Å²) in [4.78, 5) is 18.4. The Kier molecular flexibility index (Phi) is 2.66. The van der Waals surface area contributed by atoms with Gasteiger partial charge in [0.15, 0.2) is 5.69 Å². The van der Waals surface area contributed by atoms with Crippen LogP contribution in [0.1, 0.15) is 10.5 Å². The van der Waals surface area contributed by atoms with Crippen LogP contribution in [0.3, 0.4) is 0 Å². The van der Waals surface area contributed by atoms with Crippen LogP contribution < -0.4 is 0 Å². The maximum absolute atomic E-state index is 10.6. The van der Waals surface area contributed by atoms with E-state index in [-0.39, 0.29) is 5.69 Å². The van der Waals surface area contributed by atoms with Crippen LogP contribution in [0.4, 0.5) is 0 Å². The standard InChI is InChI=1S/C9H5ClN2O2S/c10-7-3-5(1-2-11-7)8-12-6(4-15-8)9(13)14/h1-4H,(H,13,14). The summed E-state index contributed by atoms with van der Waals surface area (Å²) in [5.41, 5.74) is 0.815. The Morgan fingerprint density at radius 1 is 1.53 bits per heavy atom. The fourth-order valence-corrected chi connectivity index (χ4v) is 2.00. The zero-order valence-corrected chi connectivity index (χ0v) is 8.92. The monoisotopic (exact) mass is 240 g/mol. The second-order valence-corrected chi connectivity index (χ2v) is 3.96. The Labute approximate surface area is 94.2 Å².